The van der Waals surface area contributed by atoms with Crippen LogP contribution in [0.25, 0.3) is 33.3 Å². The maximum Gasteiger partial charge on any atom is 0.362 e. The van der Waals surface area contributed by atoms with Crippen LogP contribution in [-0.2, 0) is 73.8 Å². The van der Waals surface area contributed by atoms with Crippen LogP contribution in [0.2, 0.25) is 0 Å². The molecule has 20 nitrogen and oxygen atoms in total. The first-order chi connectivity index (χ1) is 32.9. The minimum Gasteiger partial charge on any atom is -0.421 e. The lowest BCUT2D eigenvalue weighted by Crippen LogP contribution is -2.39. The van der Waals surface area contributed by atoms with E-state index in [1.54, 1.807) is 48.8 Å². The third-order valence-corrected chi connectivity index (χ3v) is 11.9. The second kappa shape index (κ2) is 18.1. The van der Waals surface area contributed by atoms with Crippen molar-refractivity contribution in [2.24, 2.45) is 0 Å². The van der Waals surface area contributed by atoms with Crippen LogP contribution in [0, 0.1) is 0 Å². The van der Waals surface area contributed by atoms with E-state index < -0.39 is 72.0 Å². The van der Waals surface area contributed by atoms with Gasteiger partial charge in [0, 0.05) is 10.8 Å². The van der Waals surface area contributed by atoms with E-state index in [0.717, 1.165) is 21.9 Å². The van der Waals surface area contributed by atoms with Gasteiger partial charge in [0.2, 0.25) is 0 Å². The molecular weight excluding hydrogens is 885 g/mol. The van der Waals surface area contributed by atoms with Gasteiger partial charge in [0.1, 0.15) is 59.2 Å². The molecule has 0 bridgehead atoms. The van der Waals surface area contributed by atoms with E-state index in [1.807, 2.05) is 76.2 Å². The van der Waals surface area contributed by atoms with Gasteiger partial charge < -0.3 is 56.2 Å². The topological polar surface area (TPSA) is 214 Å². The van der Waals surface area contributed by atoms with Gasteiger partial charge in [-0.25, -0.2) is 19.0 Å². The van der Waals surface area contributed by atoms with Gasteiger partial charge in [0.15, 0.2) is 35.5 Å². The molecule has 0 saturated carbocycles. The molecule has 4 aromatic heterocycles. The van der Waals surface area contributed by atoms with Crippen molar-refractivity contribution in [1.82, 2.24) is 30.0 Å². The molecule has 0 spiro atoms. The van der Waals surface area contributed by atoms with Gasteiger partial charge >= 0.3 is 11.3 Å². The maximum atomic E-state index is 12.7. The molecule has 0 radical (unpaired) electrons. The van der Waals surface area contributed by atoms with Gasteiger partial charge in [0.25, 0.3) is 0 Å². The van der Waals surface area contributed by atoms with Crippen molar-refractivity contribution in [3.63, 3.8) is 0 Å². The molecule has 7 aromatic rings. The average Bonchev–Trinajstić information content (AvgIpc) is 4.17. The fraction of sp³-hybridized carbons (Fsp3) is 0.417. The third-order valence-electron chi connectivity index (χ3n) is 11.9. The van der Waals surface area contributed by atoms with Crippen LogP contribution in [0.5, 0.6) is 0 Å². The molecular formula is C48H48N6O14. The lowest BCUT2D eigenvalue weighted by molar-refractivity contribution is -0.225. The Morgan fingerprint density at radius 2 is 1.01 bits per heavy atom. The third kappa shape index (κ3) is 9.27. The van der Waals surface area contributed by atoms with Gasteiger partial charge in [-0.05, 0) is 63.1 Å². The number of aromatic nitrogens is 6. The van der Waals surface area contributed by atoms with Crippen molar-refractivity contribution < 1.29 is 56.2 Å². The van der Waals surface area contributed by atoms with E-state index in [4.69, 9.17) is 56.2 Å². The summed E-state index contributed by atoms with van der Waals surface area (Å²) in [7, 11) is 0. The van der Waals surface area contributed by atoms with Gasteiger partial charge in [0.05, 0.1) is 52.0 Å². The van der Waals surface area contributed by atoms with Crippen LogP contribution < -0.4 is 11.3 Å². The lowest BCUT2D eigenvalue weighted by Gasteiger charge is -2.26. The molecule has 4 aliphatic rings. The van der Waals surface area contributed by atoms with Gasteiger partial charge in [-0.15, -0.1) is 10.2 Å². The zero-order chi connectivity index (χ0) is 46.6. The molecule has 4 saturated heterocycles. The summed E-state index contributed by atoms with van der Waals surface area (Å²) >= 11 is 0. The number of benzene rings is 3. The Bertz CT molecular complexity index is 2860. The van der Waals surface area contributed by atoms with E-state index in [9.17, 15) is 9.59 Å². The number of fused-ring (bicyclic) bond motifs is 4. The second-order valence-corrected chi connectivity index (χ2v) is 17.9. The fourth-order valence-corrected chi connectivity index (χ4v) is 8.90. The summed E-state index contributed by atoms with van der Waals surface area (Å²) in [6.45, 7) is 8.30. The van der Waals surface area contributed by atoms with Crippen molar-refractivity contribution in [1.29, 1.82) is 0 Å². The first-order valence-corrected chi connectivity index (χ1v) is 22.3. The van der Waals surface area contributed by atoms with Crippen molar-refractivity contribution in [3.8, 4) is 11.4 Å². The first kappa shape index (κ1) is 44.5. The summed E-state index contributed by atoms with van der Waals surface area (Å²) in [5.41, 5.74) is 3.20. The molecule has 354 valence electrons. The Morgan fingerprint density at radius 1 is 0.559 bits per heavy atom. The van der Waals surface area contributed by atoms with Crippen molar-refractivity contribution in [2.75, 3.05) is 13.2 Å². The molecule has 68 heavy (non-hydrogen) atoms. The molecule has 0 aliphatic carbocycles. The van der Waals surface area contributed by atoms with Crippen molar-refractivity contribution in [3.05, 3.63) is 141 Å². The monoisotopic (exact) mass is 932 g/mol. The standard InChI is InChI=1S/C48H48N6O14/c1-47(2)65-41-39(37(63-45(41)67-47)25-57-23-31-19-53(51-49-31)33-17-29-12-5-7-14-35(29)61-43(33)55)59-21-27-10-9-11-28(16-27)22-60-40-38(64-46-42(40)66-48(3,4)68-46)26-58-24-32-20-54(52-50-32)34-18-30-13-6-8-15-36(30)62-44(34)56/h5-20,37-42,45-46H,21-26H2,1-4H3. The number of rotatable bonds is 16. The predicted molar refractivity (Wildman–Crippen MR) is 235 cm³/mol. The summed E-state index contributed by atoms with van der Waals surface area (Å²) in [5, 5.41) is 18.2. The zero-order valence-corrected chi connectivity index (χ0v) is 37.5. The molecule has 8 atom stereocenters. The molecule has 0 amide bonds. The molecule has 0 N–H and O–H groups in total. The molecule has 11 rings (SSSR count). The Labute approximate surface area is 387 Å². The smallest absolute Gasteiger partial charge is 0.362 e. The fourth-order valence-electron chi connectivity index (χ4n) is 8.90. The Balaban J connectivity index is 0.706. The predicted octanol–water partition coefficient (Wildman–Crippen LogP) is 5.02. The zero-order valence-electron chi connectivity index (χ0n) is 37.5. The highest BCUT2D eigenvalue weighted by Gasteiger charge is 2.56. The van der Waals surface area contributed by atoms with Gasteiger partial charge in [-0.3, -0.25) is 0 Å². The Kier molecular flexibility index (Phi) is 11.9. The molecule has 3 aromatic carbocycles. The molecule has 20 heteroatoms. The number of hydrogen-bond acceptors (Lipinski definition) is 18. The minimum atomic E-state index is -0.860. The summed E-state index contributed by atoms with van der Waals surface area (Å²) in [6, 6.07) is 25.8. The van der Waals surface area contributed by atoms with Crippen LogP contribution in [0.1, 0.15) is 50.2 Å². The summed E-state index contributed by atoms with van der Waals surface area (Å²) < 4.78 is 76.1. The highest BCUT2D eigenvalue weighted by atomic mass is 16.9. The lowest BCUT2D eigenvalue weighted by atomic mass is 10.1. The molecule has 8 heterocycles. The number of nitrogens with zero attached hydrogens (tertiary/aromatic N) is 6. The van der Waals surface area contributed by atoms with E-state index >= 15 is 0 Å². The molecule has 4 aliphatic heterocycles. The van der Waals surface area contributed by atoms with Crippen LogP contribution in [0.4, 0.5) is 0 Å². The average molecular weight is 933 g/mol. The van der Waals surface area contributed by atoms with E-state index in [0.29, 0.717) is 22.6 Å². The first-order valence-electron chi connectivity index (χ1n) is 22.3. The maximum absolute atomic E-state index is 12.7. The Morgan fingerprint density at radius 3 is 1.49 bits per heavy atom. The molecule has 8 unspecified atom stereocenters. The van der Waals surface area contributed by atoms with Crippen LogP contribution in [0.3, 0.4) is 0 Å². The highest BCUT2D eigenvalue weighted by molar-refractivity contribution is 5.78. The Hall–Kier alpha value is -6.04. The van der Waals surface area contributed by atoms with Gasteiger partial charge in [-0.1, -0.05) is 71.1 Å². The quantitative estimate of drug-likeness (QED) is 0.116. The van der Waals surface area contributed by atoms with E-state index in [-0.39, 0.29) is 51.0 Å². The number of hydrogen-bond donors (Lipinski definition) is 0. The van der Waals surface area contributed by atoms with Crippen molar-refractivity contribution in [2.45, 2.75) is 115 Å². The summed E-state index contributed by atoms with van der Waals surface area (Å²) in [5.74, 6) is -1.72. The number of para-hydroxylation sites is 2. The second-order valence-electron chi connectivity index (χ2n) is 17.9. The SMILES string of the molecule is CC1(C)OC2OC(COCc3cn(-c4cc5ccccc5oc4=O)nn3)C(OCc3cccc(COC4C(COCc5cn(-c6cc7ccccc7oc6=O)nn5)OC5OC(C)(C)OC54)c3)C2O1. The van der Waals surface area contributed by atoms with E-state index in [2.05, 4.69) is 20.6 Å². The van der Waals surface area contributed by atoms with Crippen LogP contribution in [0.15, 0.2) is 116 Å². The normalized spacial score (nSPS) is 25.9. The van der Waals surface area contributed by atoms with Crippen LogP contribution in [-0.4, -0.2) is 104 Å². The van der Waals surface area contributed by atoms with Crippen molar-refractivity contribution >= 4 is 21.9 Å². The van der Waals surface area contributed by atoms with E-state index in [1.165, 1.54) is 9.36 Å². The summed E-state index contributed by atoms with van der Waals surface area (Å²) in [4.78, 5) is 25.4. The molecule has 4 fully saturated rings. The van der Waals surface area contributed by atoms with Crippen LogP contribution >= 0.6 is 0 Å². The highest BCUT2D eigenvalue weighted by Crippen LogP contribution is 2.41. The number of ether oxygens (including phenoxy) is 10. The largest absolute Gasteiger partial charge is 0.421 e. The van der Waals surface area contributed by atoms with Gasteiger partial charge in [-0.2, -0.15) is 0 Å². The minimum absolute atomic E-state index is 0.0995. The summed E-state index contributed by atoms with van der Waals surface area (Å²) in [6.07, 6.45) is -1.15.